The Morgan fingerprint density at radius 3 is 1.09 bits per heavy atom. The van der Waals surface area contributed by atoms with Crippen LogP contribution in [0.5, 0.6) is 0 Å². The maximum Gasteiger partial charge on any atom is 0.225 e. The largest absolute Gasteiger partial charge is 0.294 e. The quantitative estimate of drug-likeness (QED) is 0.459. The summed E-state index contributed by atoms with van der Waals surface area (Å²) in [4.78, 5) is 55.4. The summed E-state index contributed by atoms with van der Waals surface area (Å²) in [5, 5.41) is 0. The van der Waals surface area contributed by atoms with Crippen LogP contribution in [0, 0.1) is 0 Å². The van der Waals surface area contributed by atoms with Crippen LogP contribution in [0.25, 0.3) is 0 Å². The first-order chi connectivity index (χ1) is 10.6. The summed E-state index contributed by atoms with van der Waals surface area (Å²) in [6.07, 6.45) is 0.416. The molecule has 0 spiro atoms. The lowest BCUT2D eigenvalue weighted by atomic mass is 9.99. The van der Waals surface area contributed by atoms with E-state index in [-0.39, 0.29) is 29.5 Å². The number of carbonyl (C=O) groups is 5. The Hall–Kier alpha value is -3.21. The molecule has 0 aromatic heterocycles. The van der Waals surface area contributed by atoms with Crippen LogP contribution in [0.1, 0.15) is 36.6 Å². The highest BCUT2D eigenvalue weighted by Crippen LogP contribution is 2.13. The number of rotatable bonds is 6. The number of aldehydes is 2. The molecular weight excluding hydrogens is 284 g/mol. The van der Waals surface area contributed by atoms with Gasteiger partial charge in [-0.1, -0.05) is 48.5 Å². The molecule has 2 aromatic carbocycles. The predicted molar refractivity (Wildman–Crippen MR) is 77.1 cm³/mol. The molecule has 108 valence electrons. The van der Waals surface area contributed by atoms with Gasteiger partial charge in [-0.2, -0.15) is 0 Å². The molecule has 0 amide bonds. The first-order valence-electron chi connectivity index (χ1n) is 6.30. The van der Waals surface area contributed by atoms with Gasteiger partial charge in [0.15, 0.2) is 18.4 Å². The molecule has 0 bridgehead atoms. The minimum Gasteiger partial charge on any atom is -0.294 e. The summed E-state index contributed by atoms with van der Waals surface area (Å²) in [7, 11) is 0. The summed E-state index contributed by atoms with van der Waals surface area (Å²) in [6.45, 7) is 0. The van der Waals surface area contributed by atoms with Gasteiger partial charge in [-0.25, -0.2) is 0 Å². The first kappa shape index (κ1) is 15.2. The number of carbonyl (C=O) groups excluding carboxylic acids is 5. The fraction of sp³-hybridized carbons (Fsp3) is 0. The van der Waals surface area contributed by atoms with Gasteiger partial charge in [-0.15, -0.1) is 0 Å². The third-order valence-corrected chi connectivity index (χ3v) is 3.08. The van der Waals surface area contributed by atoms with E-state index in [1.54, 1.807) is 0 Å². The lowest BCUT2D eigenvalue weighted by molar-refractivity contribution is -0.105. The van der Waals surface area contributed by atoms with E-state index in [4.69, 9.17) is 0 Å². The van der Waals surface area contributed by atoms with E-state index in [2.05, 4.69) is 0 Å². The molecule has 0 aliphatic rings. The van der Waals surface area contributed by atoms with E-state index in [1.807, 2.05) is 0 Å². The SMILES string of the molecule is O=CC(=O)c1ccc(C(=O)c2ccc(C(=O)C=O)cc2)cc1. The van der Waals surface area contributed by atoms with Crippen molar-refractivity contribution in [2.75, 3.05) is 0 Å². The van der Waals surface area contributed by atoms with Crippen molar-refractivity contribution >= 4 is 29.9 Å². The normalized spacial score (nSPS) is 9.82. The predicted octanol–water partition coefficient (Wildman–Crippen LogP) is 1.68. The smallest absolute Gasteiger partial charge is 0.225 e. The maximum atomic E-state index is 12.2. The van der Waals surface area contributed by atoms with E-state index in [9.17, 15) is 24.0 Å². The summed E-state index contributed by atoms with van der Waals surface area (Å²) in [6, 6.07) is 11.4. The Morgan fingerprint density at radius 1 is 0.545 bits per heavy atom. The van der Waals surface area contributed by atoms with Crippen LogP contribution < -0.4 is 0 Å². The zero-order valence-electron chi connectivity index (χ0n) is 11.3. The highest BCUT2D eigenvalue weighted by Gasteiger charge is 2.12. The van der Waals surface area contributed by atoms with Gasteiger partial charge in [-0.3, -0.25) is 24.0 Å². The average Bonchev–Trinajstić information content (AvgIpc) is 2.60. The average molecular weight is 294 g/mol. The Bertz CT molecular complexity index is 689. The molecule has 5 heteroatoms. The molecule has 0 heterocycles. The van der Waals surface area contributed by atoms with E-state index < -0.39 is 11.6 Å². The Kier molecular flexibility index (Phi) is 4.48. The molecule has 0 aliphatic heterocycles. The number of benzene rings is 2. The van der Waals surface area contributed by atoms with Gasteiger partial charge in [0.1, 0.15) is 0 Å². The van der Waals surface area contributed by atoms with Crippen molar-refractivity contribution in [1.82, 2.24) is 0 Å². The fourth-order valence-corrected chi connectivity index (χ4v) is 1.87. The summed E-state index contributed by atoms with van der Waals surface area (Å²) in [5.74, 6) is -1.61. The number of hydrogen-bond acceptors (Lipinski definition) is 5. The third-order valence-electron chi connectivity index (χ3n) is 3.08. The zero-order chi connectivity index (χ0) is 16.1. The van der Waals surface area contributed by atoms with Crippen LogP contribution in [-0.2, 0) is 9.59 Å². The van der Waals surface area contributed by atoms with Crippen LogP contribution in [0.4, 0.5) is 0 Å². The molecule has 0 radical (unpaired) electrons. The Morgan fingerprint density at radius 2 is 0.818 bits per heavy atom. The molecule has 5 nitrogen and oxygen atoms in total. The molecule has 22 heavy (non-hydrogen) atoms. The highest BCUT2D eigenvalue weighted by atomic mass is 16.2. The van der Waals surface area contributed by atoms with Crippen LogP contribution in [0.15, 0.2) is 48.5 Å². The topological polar surface area (TPSA) is 85.3 Å². The number of Topliss-reactive ketones (excluding diaryl/α,β-unsaturated/α-hetero) is 2. The van der Waals surface area contributed by atoms with Gasteiger partial charge in [0.05, 0.1) is 0 Å². The second-order valence-corrected chi connectivity index (χ2v) is 4.45. The van der Waals surface area contributed by atoms with Crippen molar-refractivity contribution in [1.29, 1.82) is 0 Å². The monoisotopic (exact) mass is 294 g/mol. The molecule has 2 rings (SSSR count). The standard InChI is InChI=1S/C17H10O5/c18-9-15(20)11-1-5-13(6-2-11)17(22)14-7-3-12(4-8-14)16(21)10-19/h1-10H. The molecule has 0 atom stereocenters. The molecule has 0 N–H and O–H groups in total. The van der Waals surface area contributed by atoms with Gasteiger partial charge in [0.2, 0.25) is 11.6 Å². The summed E-state index contributed by atoms with van der Waals surface area (Å²) < 4.78 is 0. The lowest BCUT2D eigenvalue weighted by Gasteiger charge is -2.03. The summed E-state index contributed by atoms with van der Waals surface area (Å²) in [5.41, 5.74) is 1.10. The number of ketones is 3. The second kappa shape index (κ2) is 6.49. The highest BCUT2D eigenvalue weighted by molar-refractivity contribution is 6.33. The van der Waals surface area contributed by atoms with E-state index in [0.717, 1.165) is 0 Å². The van der Waals surface area contributed by atoms with Gasteiger partial charge >= 0.3 is 0 Å². The molecule has 0 fully saturated rings. The van der Waals surface area contributed by atoms with Crippen molar-refractivity contribution < 1.29 is 24.0 Å². The maximum absolute atomic E-state index is 12.2. The van der Waals surface area contributed by atoms with Gasteiger partial charge in [0.25, 0.3) is 0 Å². The van der Waals surface area contributed by atoms with Crippen molar-refractivity contribution in [3.05, 3.63) is 70.8 Å². The third kappa shape index (κ3) is 3.09. The van der Waals surface area contributed by atoms with Crippen LogP contribution in [0.2, 0.25) is 0 Å². The minimum absolute atomic E-state index is 0.207. The Labute approximate surface area is 125 Å². The van der Waals surface area contributed by atoms with Crippen molar-refractivity contribution in [2.24, 2.45) is 0 Å². The van der Waals surface area contributed by atoms with Gasteiger partial charge in [0, 0.05) is 22.3 Å². The minimum atomic E-state index is -0.657. The van der Waals surface area contributed by atoms with Gasteiger partial charge < -0.3 is 0 Å². The first-order valence-corrected chi connectivity index (χ1v) is 6.30. The Balaban J connectivity index is 2.24. The molecule has 0 aliphatic carbocycles. The van der Waals surface area contributed by atoms with Crippen molar-refractivity contribution in [3.63, 3.8) is 0 Å². The molecule has 2 aromatic rings. The molecule has 0 saturated heterocycles. The van der Waals surface area contributed by atoms with E-state index >= 15 is 0 Å². The van der Waals surface area contributed by atoms with E-state index in [0.29, 0.717) is 11.1 Å². The van der Waals surface area contributed by atoms with E-state index in [1.165, 1.54) is 48.5 Å². The van der Waals surface area contributed by atoms with Crippen LogP contribution in [0.3, 0.4) is 0 Å². The van der Waals surface area contributed by atoms with Gasteiger partial charge in [-0.05, 0) is 0 Å². The van der Waals surface area contributed by atoms with Crippen molar-refractivity contribution in [3.8, 4) is 0 Å². The lowest BCUT2D eigenvalue weighted by Crippen LogP contribution is -2.05. The summed E-state index contributed by atoms with van der Waals surface area (Å²) >= 11 is 0. The molecule has 0 unspecified atom stereocenters. The number of hydrogen-bond donors (Lipinski definition) is 0. The van der Waals surface area contributed by atoms with Crippen molar-refractivity contribution in [2.45, 2.75) is 0 Å². The fourth-order valence-electron chi connectivity index (χ4n) is 1.87. The molecule has 0 saturated carbocycles. The zero-order valence-corrected chi connectivity index (χ0v) is 11.3. The van der Waals surface area contributed by atoms with Crippen LogP contribution in [-0.4, -0.2) is 29.9 Å². The second-order valence-electron chi connectivity index (χ2n) is 4.45. The van der Waals surface area contributed by atoms with Crippen LogP contribution >= 0.6 is 0 Å². The molecular formula is C17H10O5.